The molecule has 218 valence electrons. The predicted octanol–water partition coefficient (Wildman–Crippen LogP) is 2.91. The molecule has 0 aliphatic carbocycles. The summed E-state index contributed by atoms with van der Waals surface area (Å²) in [4.78, 5) is 31.9. The number of aromatic nitrogens is 1. The first-order valence-electron chi connectivity index (χ1n) is 11.3. The Hall–Kier alpha value is -2.88. The van der Waals surface area contributed by atoms with Crippen LogP contribution < -0.4 is 15.4 Å². The topological polar surface area (TPSA) is 113 Å². The molecule has 2 aromatic rings. The first kappa shape index (κ1) is 34.1. The average Bonchev–Trinajstić information content (AvgIpc) is 3.17. The Labute approximate surface area is 229 Å². The molecule has 2 atom stereocenters. The van der Waals surface area contributed by atoms with Crippen LogP contribution in [0.3, 0.4) is 0 Å². The third-order valence-electron chi connectivity index (χ3n) is 5.21. The fourth-order valence-electron chi connectivity index (χ4n) is 3.21. The summed E-state index contributed by atoms with van der Waals surface area (Å²) in [5.74, 6) is -7.34. The number of hydrogen-bond acceptors (Lipinski definition) is 6. The van der Waals surface area contributed by atoms with E-state index in [1.165, 1.54) is 22.7 Å². The van der Waals surface area contributed by atoms with Crippen LogP contribution >= 0.6 is 11.6 Å². The van der Waals surface area contributed by atoms with E-state index in [1.807, 2.05) is 0 Å². The lowest BCUT2D eigenvalue weighted by Gasteiger charge is -2.36. The number of anilines is 1. The second-order valence-corrected chi connectivity index (χ2v) is 9.76. The molecule has 16 heteroatoms. The zero-order valence-corrected chi connectivity index (χ0v) is 23.1. The van der Waals surface area contributed by atoms with Gasteiger partial charge in [-0.1, -0.05) is 11.6 Å². The van der Waals surface area contributed by atoms with Crippen LogP contribution in [0.5, 0.6) is 0 Å². The highest BCUT2D eigenvalue weighted by atomic mass is 35.5. The normalized spacial score (nSPS) is 17.0. The van der Waals surface area contributed by atoms with Crippen LogP contribution in [0.15, 0.2) is 23.2 Å². The van der Waals surface area contributed by atoms with Gasteiger partial charge in [0.1, 0.15) is 16.7 Å². The number of likely N-dealkylation sites (N-methyl/N-ethyl adjacent to an activating group) is 1. The van der Waals surface area contributed by atoms with E-state index >= 15 is 0 Å². The van der Waals surface area contributed by atoms with Crippen LogP contribution in [0.25, 0.3) is 0 Å². The minimum Gasteiger partial charge on any atom is -0.388 e. The summed E-state index contributed by atoms with van der Waals surface area (Å²) in [6, 6.07) is 0.585. The molecule has 0 radical (unpaired) electrons. The standard InChI is InChI=1S/C12H16ClF2N3O2S.C7H6F3N.C4H7NO2/c1-17-4-3-10(12(14,15)7-17)16-21(20)9-5-18(2)8(6-19)11(9)13;1-11-4-2-5(8)7(10)6(9)3-4;1-2-5-4(7)3-6/h5-6,10,16H,3-4,7H2,1-2H3;2-3,11H,1H3;3H,2H2,1H3,(H,5,7). The number of alkyl halides is 2. The number of benzene rings is 1. The highest BCUT2D eigenvalue weighted by Crippen LogP contribution is 2.29. The Bertz CT molecular complexity index is 1160. The van der Waals surface area contributed by atoms with E-state index in [0.717, 1.165) is 12.1 Å². The van der Waals surface area contributed by atoms with Crippen molar-refractivity contribution in [2.45, 2.75) is 30.2 Å². The van der Waals surface area contributed by atoms with Gasteiger partial charge in [0.05, 0.1) is 22.5 Å². The fraction of sp³-hybridized carbons (Fsp3) is 0.435. The molecule has 2 heterocycles. The second kappa shape index (κ2) is 15.6. The van der Waals surface area contributed by atoms with Crippen molar-refractivity contribution in [3.63, 3.8) is 0 Å². The van der Waals surface area contributed by atoms with Crippen molar-refractivity contribution in [3.8, 4) is 0 Å². The van der Waals surface area contributed by atoms with Gasteiger partial charge in [-0.15, -0.1) is 0 Å². The Kier molecular flexibility index (Phi) is 13.7. The molecular weight excluding hydrogens is 573 g/mol. The van der Waals surface area contributed by atoms with Crippen molar-refractivity contribution in [2.24, 2.45) is 7.05 Å². The average molecular weight is 602 g/mol. The molecule has 0 saturated carbocycles. The van der Waals surface area contributed by atoms with Crippen molar-refractivity contribution in [1.29, 1.82) is 0 Å². The molecule has 2 unspecified atom stereocenters. The van der Waals surface area contributed by atoms with Crippen LogP contribution in [-0.2, 0) is 27.6 Å². The Morgan fingerprint density at radius 2 is 1.79 bits per heavy atom. The van der Waals surface area contributed by atoms with Gasteiger partial charge in [0.15, 0.2) is 23.7 Å². The summed E-state index contributed by atoms with van der Waals surface area (Å²) in [6.07, 6.45) is 2.37. The van der Waals surface area contributed by atoms with Crippen molar-refractivity contribution in [3.05, 3.63) is 46.5 Å². The highest BCUT2D eigenvalue weighted by molar-refractivity contribution is 7.83. The van der Waals surface area contributed by atoms with E-state index in [9.17, 15) is 40.5 Å². The number of likely N-dealkylation sites (tertiary alicyclic amines) is 1. The maximum Gasteiger partial charge on any atom is 0.284 e. The molecule has 3 N–H and O–H groups in total. The number of carbonyl (C=O) groups is 3. The predicted molar refractivity (Wildman–Crippen MR) is 137 cm³/mol. The van der Waals surface area contributed by atoms with Crippen molar-refractivity contribution in [1.82, 2.24) is 19.5 Å². The molecule has 1 fully saturated rings. The molecule has 39 heavy (non-hydrogen) atoms. The van der Waals surface area contributed by atoms with Gasteiger partial charge >= 0.3 is 0 Å². The van der Waals surface area contributed by atoms with Crippen LogP contribution in [-0.4, -0.2) is 77.8 Å². The zero-order chi connectivity index (χ0) is 29.9. The fourth-order valence-corrected chi connectivity index (χ4v) is 4.84. The van der Waals surface area contributed by atoms with E-state index in [0.29, 0.717) is 19.4 Å². The van der Waals surface area contributed by atoms with E-state index in [1.54, 1.807) is 21.0 Å². The molecular formula is C23H29ClF5N5O4S. The van der Waals surface area contributed by atoms with Crippen LogP contribution in [0.1, 0.15) is 23.8 Å². The molecule has 0 bridgehead atoms. The number of piperidine rings is 1. The minimum atomic E-state index is -2.97. The van der Waals surface area contributed by atoms with E-state index in [4.69, 9.17) is 11.6 Å². The summed E-state index contributed by atoms with van der Waals surface area (Å²) in [5, 5.41) is 4.80. The number of rotatable bonds is 7. The van der Waals surface area contributed by atoms with Crippen molar-refractivity contribution < 1.29 is 40.5 Å². The lowest BCUT2D eigenvalue weighted by Crippen LogP contribution is -2.56. The van der Waals surface area contributed by atoms with E-state index in [-0.39, 0.29) is 40.6 Å². The molecule has 1 aliphatic rings. The van der Waals surface area contributed by atoms with Gasteiger partial charge in [-0.05, 0) is 26.9 Å². The number of hydrogen-bond donors (Lipinski definition) is 3. The van der Waals surface area contributed by atoms with Gasteiger partial charge in [0.2, 0.25) is 6.29 Å². The number of carbonyl (C=O) groups excluding carboxylic acids is 3. The Morgan fingerprint density at radius 3 is 2.21 bits per heavy atom. The van der Waals surface area contributed by atoms with Gasteiger partial charge in [-0.3, -0.25) is 14.4 Å². The highest BCUT2D eigenvalue weighted by Gasteiger charge is 2.44. The van der Waals surface area contributed by atoms with Gasteiger partial charge in [0, 0.05) is 44.7 Å². The summed E-state index contributed by atoms with van der Waals surface area (Å²) < 4.78 is 80.9. The van der Waals surface area contributed by atoms with Gasteiger partial charge < -0.3 is 20.1 Å². The quantitative estimate of drug-likeness (QED) is 0.195. The van der Waals surface area contributed by atoms with Gasteiger partial charge in [-0.25, -0.2) is 30.9 Å². The Balaban J connectivity index is 0.000000352. The maximum absolute atomic E-state index is 13.9. The Morgan fingerprint density at radius 1 is 1.21 bits per heavy atom. The van der Waals surface area contributed by atoms with Crippen LogP contribution in [0, 0.1) is 17.5 Å². The molecule has 9 nitrogen and oxygen atoms in total. The molecule has 1 aromatic carbocycles. The van der Waals surface area contributed by atoms with Crippen LogP contribution in [0.2, 0.25) is 5.02 Å². The van der Waals surface area contributed by atoms with Crippen molar-refractivity contribution in [2.75, 3.05) is 39.0 Å². The first-order chi connectivity index (χ1) is 18.2. The summed E-state index contributed by atoms with van der Waals surface area (Å²) in [7, 11) is 2.78. The number of aldehydes is 2. The lowest BCUT2D eigenvalue weighted by molar-refractivity contribution is -0.131. The third kappa shape index (κ3) is 9.98. The largest absolute Gasteiger partial charge is 0.388 e. The third-order valence-corrected chi connectivity index (χ3v) is 6.93. The SMILES string of the molecule is CCNC(=O)C=O.CN1CCC(NS(=O)c2cn(C)c(C=O)c2Cl)C(F)(F)C1.CNc1cc(F)c(F)c(F)c1. The second-order valence-electron chi connectivity index (χ2n) is 8.16. The van der Waals surface area contributed by atoms with Crippen LogP contribution in [0.4, 0.5) is 27.6 Å². The summed E-state index contributed by atoms with van der Waals surface area (Å²) in [5.41, 5.74) is 0.373. The number of halogens is 6. The van der Waals surface area contributed by atoms with E-state index in [2.05, 4.69) is 15.4 Å². The number of nitrogens with one attached hydrogen (secondary N) is 3. The number of aryl methyl sites for hydroxylation is 1. The minimum absolute atomic E-state index is 0.0228. The lowest BCUT2D eigenvalue weighted by atomic mass is 10.0. The summed E-state index contributed by atoms with van der Waals surface area (Å²) >= 11 is 5.96. The first-order valence-corrected chi connectivity index (χ1v) is 12.8. The molecule has 1 amide bonds. The molecule has 1 aliphatic heterocycles. The monoisotopic (exact) mass is 601 g/mol. The number of nitrogens with zero attached hydrogens (tertiary/aromatic N) is 2. The number of amides is 1. The van der Waals surface area contributed by atoms with Gasteiger partial charge in [-0.2, -0.15) is 0 Å². The maximum atomic E-state index is 13.9. The van der Waals surface area contributed by atoms with Gasteiger partial charge in [0.25, 0.3) is 11.8 Å². The zero-order valence-electron chi connectivity index (χ0n) is 21.5. The molecule has 1 aromatic heterocycles. The van der Waals surface area contributed by atoms with E-state index < -0.39 is 46.3 Å². The summed E-state index contributed by atoms with van der Waals surface area (Å²) in [6.45, 7) is 2.37. The van der Waals surface area contributed by atoms with Crippen molar-refractivity contribution >= 4 is 46.8 Å². The molecule has 1 saturated heterocycles. The molecule has 0 spiro atoms. The molecule has 3 rings (SSSR count). The smallest absolute Gasteiger partial charge is 0.284 e.